The summed E-state index contributed by atoms with van der Waals surface area (Å²) >= 11 is 0. The molecule has 11 N–H and O–H groups in total. The Morgan fingerprint density at radius 2 is 1.46 bits per heavy atom. The van der Waals surface area contributed by atoms with Crippen LogP contribution < -0.4 is 10.2 Å². The van der Waals surface area contributed by atoms with Gasteiger partial charge in [0.25, 0.3) is 0 Å². The Morgan fingerprint density at radius 3 is 2.12 bits per heavy atom. The third-order valence-electron chi connectivity index (χ3n) is 7.88. The van der Waals surface area contributed by atoms with E-state index < -0.39 is 102 Å². The van der Waals surface area contributed by atoms with Crippen molar-refractivity contribution in [2.24, 2.45) is 5.92 Å². The zero-order valence-electron chi connectivity index (χ0n) is 21.2. The minimum Gasteiger partial charge on any atom is -0.507 e. The zero-order valence-corrected chi connectivity index (χ0v) is 21.2. The zero-order chi connectivity index (χ0) is 29.9. The van der Waals surface area contributed by atoms with Crippen molar-refractivity contribution in [3.8, 4) is 23.0 Å². The van der Waals surface area contributed by atoms with Crippen LogP contribution in [0.5, 0.6) is 23.0 Å². The van der Waals surface area contributed by atoms with E-state index in [0.717, 1.165) is 18.2 Å². The van der Waals surface area contributed by atoms with Gasteiger partial charge in [-0.2, -0.15) is 0 Å². The van der Waals surface area contributed by atoms with Crippen LogP contribution >= 0.6 is 0 Å². The summed E-state index contributed by atoms with van der Waals surface area (Å²) in [5.41, 5.74) is -1.69. The normalized spacial score (nSPS) is 34.2. The van der Waals surface area contributed by atoms with Gasteiger partial charge in [-0.15, -0.1) is 0 Å². The van der Waals surface area contributed by atoms with Crippen molar-refractivity contribution < 1.29 is 70.1 Å². The van der Waals surface area contributed by atoms with Crippen LogP contribution in [0.25, 0.3) is 21.9 Å². The molecule has 0 bridgehead atoms. The summed E-state index contributed by atoms with van der Waals surface area (Å²) in [5.74, 6) is -4.51. The number of hydrogen-bond acceptors (Lipinski definition) is 15. The predicted octanol–water partition coefficient (Wildman–Crippen LogP) is -2.58. The van der Waals surface area contributed by atoms with Gasteiger partial charge in [-0.25, -0.2) is 0 Å². The molecule has 1 aliphatic heterocycles. The first-order chi connectivity index (χ1) is 19.4. The standard InChI is InChI=1S/C26H30O15/c27-5-7-1-9(20(33)23(36)18(7)31)16-11(30)3-14-17(22(16)35)19(32)8-2-10(29)13(4-12(8)39-14)40-26-25(38)24(37)21(34)15(6-28)41-26/h2-4,7,9,15,18,20-21,23-31,33-38H,1,5-6H2/t7-,9?,15-,18-,20+,21-,23+,24+,25-,26?/m1/s1. The lowest BCUT2D eigenvalue weighted by atomic mass is 9.72. The number of phenolic OH excluding ortho intramolecular Hbond substituents is 3. The summed E-state index contributed by atoms with van der Waals surface area (Å²) in [6.45, 7) is -1.28. The molecule has 1 saturated carbocycles. The van der Waals surface area contributed by atoms with E-state index >= 15 is 0 Å². The molecular weight excluding hydrogens is 552 g/mol. The smallest absolute Gasteiger partial charge is 0.229 e. The fourth-order valence-corrected chi connectivity index (χ4v) is 5.56. The average molecular weight is 583 g/mol. The molecule has 0 radical (unpaired) electrons. The third kappa shape index (κ3) is 4.74. The lowest BCUT2D eigenvalue weighted by Gasteiger charge is -2.40. The molecule has 0 amide bonds. The van der Waals surface area contributed by atoms with Crippen molar-refractivity contribution in [2.75, 3.05) is 13.2 Å². The minimum absolute atomic E-state index is 0.152. The summed E-state index contributed by atoms with van der Waals surface area (Å²) in [7, 11) is 0. The van der Waals surface area contributed by atoms with Crippen LogP contribution in [0.1, 0.15) is 17.9 Å². The monoisotopic (exact) mass is 582 g/mol. The van der Waals surface area contributed by atoms with Crippen molar-refractivity contribution in [3.63, 3.8) is 0 Å². The number of benzene rings is 2. The maximum absolute atomic E-state index is 13.4. The Labute approximate surface area is 229 Å². The van der Waals surface area contributed by atoms with E-state index in [2.05, 4.69) is 0 Å². The summed E-state index contributed by atoms with van der Waals surface area (Å²) in [4.78, 5) is 13.4. The summed E-state index contributed by atoms with van der Waals surface area (Å²) in [6, 6.07) is 2.97. The summed E-state index contributed by atoms with van der Waals surface area (Å²) < 4.78 is 16.4. The molecule has 41 heavy (non-hydrogen) atoms. The van der Waals surface area contributed by atoms with Crippen molar-refractivity contribution in [1.82, 2.24) is 0 Å². The number of aliphatic hydroxyl groups excluding tert-OH is 8. The Bertz CT molecular complexity index is 1500. The number of rotatable bonds is 5. The van der Waals surface area contributed by atoms with Crippen LogP contribution in [0.2, 0.25) is 0 Å². The van der Waals surface area contributed by atoms with Crippen molar-refractivity contribution in [1.29, 1.82) is 0 Å². The molecule has 1 aromatic heterocycles. The molecule has 0 spiro atoms. The van der Waals surface area contributed by atoms with Crippen LogP contribution in [-0.4, -0.2) is 118 Å². The first-order valence-electron chi connectivity index (χ1n) is 12.7. The van der Waals surface area contributed by atoms with Gasteiger partial charge >= 0.3 is 0 Å². The molecule has 10 atom stereocenters. The minimum atomic E-state index is -1.79. The largest absolute Gasteiger partial charge is 0.507 e. The number of fused-ring (bicyclic) bond motifs is 2. The van der Waals surface area contributed by atoms with Crippen LogP contribution in [0.15, 0.2) is 27.4 Å². The molecule has 2 unspecified atom stereocenters. The van der Waals surface area contributed by atoms with Crippen LogP contribution in [0, 0.1) is 5.92 Å². The van der Waals surface area contributed by atoms with E-state index in [4.69, 9.17) is 13.9 Å². The Kier molecular flexibility index (Phi) is 7.75. The average Bonchev–Trinajstić information content (AvgIpc) is 2.93. The maximum atomic E-state index is 13.4. The second-order valence-electron chi connectivity index (χ2n) is 10.4. The number of aliphatic hydroxyl groups is 8. The van der Waals surface area contributed by atoms with Crippen molar-refractivity contribution in [2.45, 2.75) is 61.4 Å². The van der Waals surface area contributed by atoms with Gasteiger partial charge in [0.05, 0.1) is 24.2 Å². The number of phenols is 3. The first kappa shape index (κ1) is 29.2. The van der Waals surface area contributed by atoms with Crippen molar-refractivity contribution >= 4 is 21.9 Å². The Hall–Kier alpha value is -3.25. The van der Waals surface area contributed by atoms with E-state index in [1.807, 2.05) is 0 Å². The number of aromatic hydroxyl groups is 3. The molecule has 1 saturated heterocycles. The second kappa shape index (κ2) is 10.9. The van der Waals surface area contributed by atoms with Gasteiger partial charge in [-0.3, -0.25) is 4.79 Å². The van der Waals surface area contributed by atoms with E-state index in [1.54, 1.807) is 0 Å². The van der Waals surface area contributed by atoms with Gasteiger partial charge in [0.15, 0.2) is 11.5 Å². The lowest BCUT2D eigenvalue weighted by molar-refractivity contribution is -0.277. The quantitative estimate of drug-likeness (QED) is 0.138. The Balaban J connectivity index is 1.57. The van der Waals surface area contributed by atoms with Crippen LogP contribution in [-0.2, 0) is 4.74 Å². The molecule has 5 rings (SSSR count). The highest BCUT2D eigenvalue weighted by Gasteiger charge is 2.46. The van der Waals surface area contributed by atoms with E-state index in [-0.39, 0.29) is 34.3 Å². The highest BCUT2D eigenvalue weighted by Crippen LogP contribution is 2.47. The number of hydrogen-bond donors (Lipinski definition) is 11. The highest BCUT2D eigenvalue weighted by atomic mass is 16.7. The first-order valence-corrected chi connectivity index (χ1v) is 12.7. The molecule has 15 nitrogen and oxygen atoms in total. The van der Waals surface area contributed by atoms with Gasteiger partial charge in [0.1, 0.15) is 58.6 Å². The predicted molar refractivity (Wildman–Crippen MR) is 135 cm³/mol. The maximum Gasteiger partial charge on any atom is 0.229 e. The van der Waals surface area contributed by atoms with Gasteiger partial charge in [-0.05, 0) is 12.5 Å². The fraction of sp³-hybridized carbons (Fsp3) is 0.500. The van der Waals surface area contributed by atoms with Gasteiger partial charge in [0, 0.05) is 36.1 Å². The van der Waals surface area contributed by atoms with Crippen molar-refractivity contribution in [3.05, 3.63) is 34.0 Å². The van der Waals surface area contributed by atoms with Gasteiger partial charge in [0.2, 0.25) is 11.7 Å². The third-order valence-corrected chi connectivity index (χ3v) is 7.88. The van der Waals surface area contributed by atoms with Crippen LogP contribution in [0.4, 0.5) is 0 Å². The fourth-order valence-electron chi connectivity index (χ4n) is 5.56. The molecule has 2 fully saturated rings. The van der Waals surface area contributed by atoms with E-state index in [0.29, 0.717) is 0 Å². The summed E-state index contributed by atoms with van der Waals surface area (Å²) in [5, 5.41) is 112. The molecule has 3 aromatic rings. The molecule has 15 heteroatoms. The second-order valence-corrected chi connectivity index (χ2v) is 10.4. The molecule has 224 valence electrons. The Morgan fingerprint density at radius 1 is 0.780 bits per heavy atom. The molecular formula is C26H30O15. The molecule has 1 aliphatic carbocycles. The highest BCUT2D eigenvalue weighted by molar-refractivity contribution is 5.96. The SMILES string of the molecule is O=c1c2cc(O)c(OC3O[C@H](CO)[C@@H](O)[C@H](O)[C@H]3O)cc2oc2cc(O)c(C3C[C@H](CO)[C@@H](O)[C@H](O)[C@H]3O)c(O)c12. The van der Waals surface area contributed by atoms with Gasteiger partial charge in [-0.1, -0.05) is 0 Å². The summed E-state index contributed by atoms with van der Waals surface area (Å²) in [6.07, 6.45) is -13.1. The van der Waals surface area contributed by atoms with E-state index in [1.165, 1.54) is 0 Å². The molecule has 2 heterocycles. The molecule has 2 aliphatic rings. The topological polar surface area (TPSA) is 271 Å². The van der Waals surface area contributed by atoms with E-state index in [9.17, 15) is 61.0 Å². The molecule has 2 aromatic carbocycles. The lowest BCUT2D eigenvalue weighted by Crippen LogP contribution is -2.60. The van der Waals surface area contributed by atoms with Gasteiger partial charge < -0.3 is 70.1 Å². The number of ether oxygens (including phenoxy) is 2. The van der Waals surface area contributed by atoms with Crippen LogP contribution in [0.3, 0.4) is 0 Å².